The molecule has 110 valence electrons. The van der Waals surface area contributed by atoms with E-state index in [1.54, 1.807) is 0 Å². The Hall–Kier alpha value is -1.79. The number of halogens is 3. The van der Waals surface area contributed by atoms with Crippen molar-refractivity contribution in [3.05, 3.63) is 23.9 Å². The summed E-state index contributed by atoms with van der Waals surface area (Å²) in [6, 6.07) is 2.73. The maximum absolute atomic E-state index is 12.7. The van der Waals surface area contributed by atoms with Gasteiger partial charge in [-0.3, -0.25) is 0 Å². The fourth-order valence-corrected chi connectivity index (χ4v) is 2.39. The molecule has 0 bridgehead atoms. The van der Waals surface area contributed by atoms with Crippen LogP contribution in [0.2, 0.25) is 0 Å². The van der Waals surface area contributed by atoms with E-state index in [2.05, 4.69) is 4.98 Å². The molecule has 0 aliphatic carbocycles. The molecule has 0 spiro atoms. The lowest BCUT2D eigenvalue weighted by Crippen LogP contribution is -2.47. The van der Waals surface area contributed by atoms with Gasteiger partial charge < -0.3 is 10.0 Å². The first-order valence-electron chi connectivity index (χ1n) is 6.32. The van der Waals surface area contributed by atoms with E-state index in [0.717, 1.165) is 12.5 Å². The highest BCUT2D eigenvalue weighted by Gasteiger charge is 2.36. The molecule has 2 heterocycles. The Kier molecular flexibility index (Phi) is 3.87. The third-order valence-corrected chi connectivity index (χ3v) is 3.47. The van der Waals surface area contributed by atoms with Gasteiger partial charge in [0.2, 0.25) is 0 Å². The summed E-state index contributed by atoms with van der Waals surface area (Å²) in [7, 11) is 0. The Bertz CT molecular complexity index is 505. The molecule has 1 fully saturated rings. The smallest absolute Gasteiger partial charge is 0.433 e. The zero-order valence-corrected chi connectivity index (χ0v) is 10.9. The van der Waals surface area contributed by atoms with Crippen molar-refractivity contribution in [3.63, 3.8) is 0 Å². The molecule has 20 heavy (non-hydrogen) atoms. The Morgan fingerprint density at radius 1 is 1.45 bits per heavy atom. The van der Waals surface area contributed by atoms with Crippen LogP contribution in [0.15, 0.2) is 18.2 Å². The van der Waals surface area contributed by atoms with Gasteiger partial charge in [-0.1, -0.05) is 13.0 Å². The molecule has 0 saturated carbocycles. The van der Waals surface area contributed by atoms with Gasteiger partial charge in [-0.2, -0.15) is 13.2 Å². The second kappa shape index (κ2) is 5.30. The van der Waals surface area contributed by atoms with Gasteiger partial charge in [-0.25, -0.2) is 9.78 Å². The van der Waals surface area contributed by atoms with Gasteiger partial charge >= 0.3 is 12.1 Å². The Labute approximate surface area is 114 Å². The molecule has 1 aromatic heterocycles. The molecule has 1 saturated heterocycles. The van der Waals surface area contributed by atoms with Crippen LogP contribution in [0.1, 0.15) is 25.5 Å². The lowest BCUT2D eigenvalue weighted by Gasteiger charge is -2.37. The van der Waals surface area contributed by atoms with E-state index in [1.807, 2.05) is 6.92 Å². The number of hydrogen-bond acceptors (Lipinski definition) is 3. The van der Waals surface area contributed by atoms with Crippen molar-refractivity contribution in [2.45, 2.75) is 32.0 Å². The molecule has 2 unspecified atom stereocenters. The van der Waals surface area contributed by atoms with Crippen molar-refractivity contribution >= 4 is 11.8 Å². The number of piperidine rings is 1. The Morgan fingerprint density at radius 2 is 2.15 bits per heavy atom. The Balaban J connectivity index is 2.32. The Morgan fingerprint density at radius 3 is 2.75 bits per heavy atom. The van der Waals surface area contributed by atoms with E-state index in [9.17, 15) is 23.1 Å². The first-order valence-corrected chi connectivity index (χ1v) is 6.32. The van der Waals surface area contributed by atoms with Crippen LogP contribution in [-0.4, -0.2) is 28.6 Å². The summed E-state index contributed by atoms with van der Waals surface area (Å²) in [4.78, 5) is 16.3. The molecular weight excluding hydrogens is 273 g/mol. The quantitative estimate of drug-likeness (QED) is 0.909. The van der Waals surface area contributed by atoms with Crippen LogP contribution >= 0.6 is 0 Å². The van der Waals surface area contributed by atoms with E-state index in [0.29, 0.717) is 13.0 Å². The van der Waals surface area contributed by atoms with E-state index < -0.39 is 23.9 Å². The van der Waals surface area contributed by atoms with Crippen molar-refractivity contribution in [2.75, 3.05) is 11.4 Å². The number of aliphatic carboxylic acids is 1. The van der Waals surface area contributed by atoms with Crippen LogP contribution < -0.4 is 4.90 Å². The van der Waals surface area contributed by atoms with E-state index in [4.69, 9.17) is 0 Å². The summed E-state index contributed by atoms with van der Waals surface area (Å²) in [5, 5.41) is 9.23. The highest BCUT2D eigenvalue weighted by atomic mass is 19.4. The van der Waals surface area contributed by atoms with Gasteiger partial charge in [0, 0.05) is 6.54 Å². The van der Waals surface area contributed by atoms with Gasteiger partial charge in [-0.05, 0) is 30.9 Å². The highest BCUT2D eigenvalue weighted by molar-refractivity contribution is 5.78. The zero-order valence-electron chi connectivity index (χ0n) is 10.9. The summed E-state index contributed by atoms with van der Waals surface area (Å²) >= 11 is 0. The highest BCUT2D eigenvalue weighted by Crippen LogP contribution is 2.31. The maximum atomic E-state index is 12.7. The summed E-state index contributed by atoms with van der Waals surface area (Å²) < 4.78 is 38.0. The van der Waals surface area contributed by atoms with Crippen molar-refractivity contribution < 1.29 is 23.1 Å². The molecular formula is C13H15F3N2O2. The zero-order chi connectivity index (χ0) is 14.9. The minimum atomic E-state index is -4.53. The number of carboxylic acid groups (broad SMARTS) is 1. The van der Waals surface area contributed by atoms with Crippen LogP contribution in [-0.2, 0) is 11.0 Å². The molecule has 1 N–H and O–H groups in total. The second-order valence-corrected chi connectivity index (χ2v) is 5.06. The van der Waals surface area contributed by atoms with Crippen molar-refractivity contribution in [1.82, 2.24) is 4.98 Å². The molecule has 4 nitrogen and oxygen atoms in total. The summed E-state index contributed by atoms with van der Waals surface area (Å²) in [5.74, 6) is -0.729. The molecule has 1 aliphatic heterocycles. The molecule has 0 amide bonds. The monoisotopic (exact) mass is 288 g/mol. The van der Waals surface area contributed by atoms with E-state index in [1.165, 1.54) is 17.0 Å². The second-order valence-electron chi connectivity index (χ2n) is 5.06. The topological polar surface area (TPSA) is 53.4 Å². The fraction of sp³-hybridized carbons (Fsp3) is 0.538. The fourth-order valence-electron chi connectivity index (χ4n) is 2.39. The molecule has 1 aromatic rings. The molecule has 2 atom stereocenters. The number of anilines is 1. The van der Waals surface area contributed by atoms with Gasteiger partial charge in [0.1, 0.15) is 17.6 Å². The lowest BCUT2D eigenvalue weighted by atomic mass is 9.92. The van der Waals surface area contributed by atoms with Crippen LogP contribution in [0.25, 0.3) is 0 Å². The predicted octanol–water partition coefficient (Wildman–Crippen LogP) is 2.79. The predicted molar refractivity (Wildman–Crippen MR) is 66.4 cm³/mol. The number of nitrogens with zero attached hydrogens (tertiary/aromatic N) is 2. The maximum Gasteiger partial charge on any atom is 0.433 e. The third-order valence-electron chi connectivity index (χ3n) is 3.47. The number of pyridine rings is 1. The lowest BCUT2D eigenvalue weighted by molar-refractivity contribution is -0.141. The number of aromatic nitrogens is 1. The van der Waals surface area contributed by atoms with Crippen LogP contribution in [0, 0.1) is 5.92 Å². The number of hydrogen-bond donors (Lipinski definition) is 1. The number of rotatable bonds is 2. The molecule has 1 aliphatic rings. The standard InChI is InChI=1S/C13H15F3N2O2/c1-8-5-6-18(9(7-8)12(19)20)11-4-2-3-10(17-11)13(14,15)16/h2-4,8-9H,5-7H2,1H3,(H,19,20). The number of carboxylic acids is 1. The van der Waals surface area contributed by atoms with Crippen LogP contribution in [0.4, 0.5) is 19.0 Å². The van der Waals surface area contributed by atoms with Crippen molar-refractivity contribution in [3.8, 4) is 0 Å². The molecule has 0 aromatic carbocycles. The average molecular weight is 288 g/mol. The van der Waals surface area contributed by atoms with Crippen LogP contribution in [0.5, 0.6) is 0 Å². The van der Waals surface area contributed by atoms with Crippen molar-refractivity contribution in [1.29, 1.82) is 0 Å². The van der Waals surface area contributed by atoms with E-state index >= 15 is 0 Å². The molecule has 2 rings (SSSR count). The summed E-state index contributed by atoms with van der Waals surface area (Å²) in [5.41, 5.74) is -1.00. The van der Waals surface area contributed by atoms with Gasteiger partial charge in [0.05, 0.1) is 0 Å². The summed E-state index contributed by atoms with van der Waals surface area (Å²) in [6.07, 6.45) is -3.38. The van der Waals surface area contributed by atoms with Crippen LogP contribution in [0.3, 0.4) is 0 Å². The van der Waals surface area contributed by atoms with Gasteiger partial charge in [-0.15, -0.1) is 0 Å². The third kappa shape index (κ3) is 3.02. The number of carbonyl (C=O) groups is 1. The minimum Gasteiger partial charge on any atom is -0.480 e. The molecule has 7 heteroatoms. The van der Waals surface area contributed by atoms with E-state index in [-0.39, 0.29) is 11.7 Å². The van der Waals surface area contributed by atoms with Gasteiger partial charge in [0.15, 0.2) is 0 Å². The van der Waals surface area contributed by atoms with Crippen molar-refractivity contribution in [2.24, 2.45) is 5.92 Å². The first-order chi connectivity index (χ1) is 9.29. The largest absolute Gasteiger partial charge is 0.480 e. The van der Waals surface area contributed by atoms with Gasteiger partial charge in [0.25, 0.3) is 0 Å². The minimum absolute atomic E-state index is 0.0686. The normalized spacial score (nSPS) is 23.7. The average Bonchev–Trinajstić information content (AvgIpc) is 2.37. The SMILES string of the molecule is CC1CCN(c2cccc(C(F)(F)F)n2)C(C(=O)O)C1. The first kappa shape index (κ1) is 14.6. The number of alkyl halides is 3. The molecule has 0 radical (unpaired) electrons. The summed E-state index contributed by atoms with van der Waals surface area (Å²) in [6.45, 7) is 2.33.